The molecule has 0 fully saturated rings. The van der Waals surface area contributed by atoms with Crippen molar-refractivity contribution in [2.75, 3.05) is 13.2 Å². The van der Waals surface area contributed by atoms with E-state index in [9.17, 15) is 0 Å². The summed E-state index contributed by atoms with van der Waals surface area (Å²) in [4.78, 5) is 0. The topological polar surface area (TPSA) is 18.5 Å². The van der Waals surface area contributed by atoms with Crippen molar-refractivity contribution in [3.05, 3.63) is 0 Å². The molecule has 0 heterocycles. The van der Waals surface area contributed by atoms with Gasteiger partial charge in [-0.3, -0.25) is 0 Å². The predicted molar refractivity (Wildman–Crippen MR) is 92.7 cm³/mol. The summed E-state index contributed by atoms with van der Waals surface area (Å²) in [5.74, 6) is 0. The fourth-order valence-corrected chi connectivity index (χ4v) is 6.98. The second kappa shape index (κ2) is 25.5. The van der Waals surface area contributed by atoms with Crippen LogP contribution in [-0.4, -0.2) is 56.3 Å². The zero-order valence-corrected chi connectivity index (χ0v) is 20.0. The van der Waals surface area contributed by atoms with E-state index in [0.29, 0.717) is 0 Å². The molecule has 20 heavy (non-hydrogen) atoms. The zero-order chi connectivity index (χ0) is 15.3. The summed E-state index contributed by atoms with van der Waals surface area (Å²) in [6.45, 7) is 10.8. The van der Waals surface area contributed by atoms with Crippen LogP contribution in [0.3, 0.4) is 0 Å². The fraction of sp³-hybridized carbons (Fsp3) is 1.00. The molecule has 0 amide bonds. The predicted octanol–water partition coefficient (Wildman–Crippen LogP) is 5.28. The summed E-state index contributed by atoms with van der Waals surface area (Å²) in [5, 5.41) is 0. The summed E-state index contributed by atoms with van der Waals surface area (Å²) in [5.41, 5.74) is 0. The van der Waals surface area contributed by atoms with Gasteiger partial charge in [0.1, 0.15) is 0 Å². The van der Waals surface area contributed by atoms with E-state index in [1.165, 1.54) is 51.4 Å². The Morgan fingerprint density at radius 2 is 1.00 bits per heavy atom. The molecule has 0 atom stereocenters. The van der Waals surface area contributed by atoms with Gasteiger partial charge >= 0.3 is 150 Å². The van der Waals surface area contributed by atoms with Gasteiger partial charge in [-0.15, -0.1) is 0 Å². The molecular formula is C16H36O2Sn2. The number of rotatable bonds is 14. The molecule has 4 heteroatoms. The van der Waals surface area contributed by atoms with Gasteiger partial charge in [0.25, 0.3) is 0 Å². The molecule has 120 valence electrons. The minimum absolute atomic E-state index is 0.149. The standard InChI is InChI=1S/2C4H9O.2C4H9.2Sn/c2*1-2-3-4-5;2*1-3-4-2;;/h2*2-4H2,1H3;2*1,3-4H2,2H3;;/q2*-1;;;;+2. The van der Waals surface area contributed by atoms with Gasteiger partial charge in [0, 0.05) is 0 Å². The van der Waals surface area contributed by atoms with E-state index in [0.717, 1.165) is 13.2 Å². The molecule has 0 rings (SSSR count). The summed E-state index contributed by atoms with van der Waals surface area (Å²) in [6.07, 6.45) is 10.6. The van der Waals surface area contributed by atoms with Crippen LogP contribution in [0.2, 0.25) is 8.87 Å². The second-order valence-electron chi connectivity index (χ2n) is 4.94. The molecule has 0 N–H and O–H groups in total. The van der Waals surface area contributed by atoms with Crippen LogP contribution in [0.1, 0.15) is 79.1 Å². The molecule has 0 aromatic carbocycles. The molecule has 4 radical (unpaired) electrons. The van der Waals surface area contributed by atoms with Crippen molar-refractivity contribution in [2.45, 2.75) is 87.9 Å². The van der Waals surface area contributed by atoms with E-state index >= 15 is 0 Å². The number of hydrogen-bond donors (Lipinski definition) is 0. The van der Waals surface area contributed by atoms with E-state index in [4.69, 9.17) is 6.15 Å². The van der Waals surface area contributed by atoms with Crippen LogP contribution in [0, 0.1) is 0 Å². The number of hydrogen-bond acceptors (Lipinski definition) is 2. The van der Waals surface area contributed by atoms with Crippen LogP contribution in [0.15, 0.2) is 0 Å². The van der Waals surface area contributed by atoms with Crippen LogP contribution in [-0.2, 0) is 6.15 Å². The van der Waals surface area contributed by atoms with Crippen LogP contribution >= 0.6 is 0 Å². The monoisotopic (exact) mass is 500 g/mol. The molecule has 0 aliphatic rings. The molecule has 0 bridgehead atoms. The van der Waals surface area contributed by atoms with Crippen molar-refractivity contribution >= 4 is 43.1 Å². The van der Waals surface area contributed by atoms with Crippen LogP contribution in [0.4, 0.5) is 0 Å². The van der Waals surface area contributed by atoms with Crippen LogP contribution in [0.5, 0.6) is 0 Å². The molecule has 0 aliphatic heterocycles. The fourth-order valence-electron chi connectivity index (χ4n) is 1.29. The first-order valence-electron chi connectivity index (χ1n) is 8.52. The Morgan fingerprint density at radius 1 is 0.600 bits per heavy atom. The molecule has 0 aromatic heterocycles. The molecular weight excluding hydrogens is 462 g/mol. The molecule has 0 unspecified atom stereocenters. The van der Waals surface area contributed by atoms with Crippen LogP contribution < -0.4 is 0 Å². The Labute approximate surface area is 149 Å². The van der Waals surface area contributed by atoms with Crippen molar-refractivity contribution in [2.24, 2.45) is 0 Å². The van der Waals surface area contributed by atoms with E-state index in [1.54, 1.807) is 8.87 Å². The molecule has 0 saturated heterocycles. The van der Waals surface area contributed by atoms with Crippen LogP contribution in [0.25, 0.3) is 0 Å². The molecule has 0 spiro atoms. The van der Waals surface area contributed by atoms with Gasteiger partial charge in [-0.1, -0.05) is 0 Å². The summed E-state index contributed by atoms with van der Waals surface area (Å²) < 4.78 is 14.0. The second-order valence-corrected chi connectivity index (χ2v) is 11.3. The third-order valence-corrected chi connectivity index (χ3v) is 8.61. The van der Waals surface area contributed by atoms with Crippen molar-refractivity contribution in [1.82, 2.24) is 0 Å². The Hall–Kier alpha value is 1.52. The van der Waals surface area contributed by atoms with Crippen molar-refractivity contribution < 1.29 is 6.15 Å². The third kappa shape index (κ3) is 27.8. The van der Waals surface area contributed by atoms with Gasteiger partial charge in [0.2, 0.25) is 0 Å². The first kappa shape index (κ1) is 23.8. The van der Waals surface area contributed by atoms with Gasteiger partial charge in [-0.05, 0) is 0 Å². The average molecular weight is 498 g/mol. The Kier molecular flexibility index (Phi) is 30.3. The van der Waals surface area contributed by atoms with E-state index in [-0.39, 0.29) is 21.1 Å². The Bertz CT molecular complexity index is 132. The van der Waals surface area contributed by atoms with E-state index in [2.05, 4.69) is 27.7 Å². The van der Waals surface area contributed by atoms with Crippen molar-refractivity contribution in [3.8, 4) is 0 Å². The maximum absolute atomic E-state index is 5.37. The molecule has 0 saturated carbocycles. The Morgan fingerprint density at radius 3 is 1.35 bits per heavy atom. The van der Waals surface area contributed by atoms with Gasteiger partial charge in [-0.25, -0.2) is 0 Å². The van der Waals surface area contributed by atoms with Gasteiger partial charge in [0.15, 0.2) is 0 Å². The summed E-state index contributed by atoms with van der Waals surface area (Å²) in [7, 11) is 0. The van der Waals surface area contributed by atoms with E-state index in [1.807, 2.05) is 0 Å². The SMILES string of the molecule is CCCC[O][Sn][O]CCCC.CCC[CH2][Sn][CH2]CCC. The van der Waals surface area contributed by atoms with Gasteiger partial charge < -0.3 is 0 Å². The number of unbranched alkanes of at least 4 members (excludes halogenated alkanes) is 4. The average Bonchev–Trinajstić information content (AvgIpc) is 2.47. The maximum atomic E-state index is 5.37. The first-order chi connectivity index (χ1) is 9.83. The van der Waals surface area contributed by atoms with Gasteiger partial charge in [0.05, 0.1) is 0 Å². The quantitative estimate of drug-likeness (QED) is 0.240. The summed E-state index contributed by atoms with van der Waals surface area (Å²) in [6, 6.07) is 0. The third-order valence-electron chi connectivity index (χ3n) is 2.73. The first-order valence-corrected chi connectivity index (χ1v) is 14.9. The van der Waals surface area contributed by atoms with Gasteiger partial charge in [-0.2, -0.15) is 0 Å². The molecule has 2 nitrogen and oxygen atoms in total. The Balaban J connectivity index is 0. The van der Waals surface area contributed by atoms with Crippen molar-refractivity contribution in [1.29, 1.82) is 0 Å². The van der Waals surface area contributed by atoms with E-state index < -0.39 is 22.0 Å². The normalized spacial score (nSPS) is 10.2. The summed E-state index contributed by atoms with van der Waals surface area (Å²) >= 11 is -0.727. The van der Waals surface area contributed by atoms with Crippen molar-refractivity contribution in [3.63, 3.8) is 0 Å². The zero-order valence-electron chi connectivity index (χ0n) is 14.3. The minimum atomic E-state index is -0.876. The molecule has 0 aromatic rings. The molecule has 0 aliphatic carbocycles.